The molecule has 0 aromatic carbocycles. The van der Waals surface area contributed by atoms with Gasteiger partial charge in [0.1, 0.15) is 12.4 Å². The van der Waals surface area contributed by atoms with E-state index in [1.165, 1.54) is 0 Å². The molecular weight excluding hydrogens is 206 g/mol. The summed E-state index contributed by atoms with van der Waals surface area (Å²) in [5, 5.41) is 3.13. The van der Waals surface area contributed by atoms with Crippen molar-refractivity contribution in [1.29, 1.82) is 0 Å². The van der Waals surface area contributed by atoms with E-state index in [9.17, 15) is 0 Å². The largest absolute Gasteiger partial charge is 0.467 e. The lowest BCUT2D eigenvalue weighted by atomic mass is 10.2. The van der Waals surface area contributed by atoms with E-state index in [2.05, 4.69) is 5.32 Å². The Labute approximate surface area is 95.9 Å². The van der Waals surface area contributed by atoms with Gasteiger partial charge in [0.25, 0.3) is 0 Å². The van der Waals surface area contributed by atoms with Gasteiger partial charge in [-0.25, -0.2) is 0 Å². The van der Waals surface area contributed by atoms with Crippen LogP contribution < -0.4 is 5.32 Å². The highest BCUT2D eigenvalue weighted by Crippen LogP contribution is 2.19. The molecule has 1 N–H and O–H groups in total. The van der Waals surface area contributed by atoms with Crippen LogP contribution in [0.25, 0.3) is 0 Å². The standard InChI is InChI=1S/C12H19NO3/c1-13-7-10-4-5-12(16-10)9-14-8-11-3-2-6-15-11/h2-3,6,10,12-13H,4-5,7-9H2,1H3. The fourth-order valence-electron chi connectivity index (χ4n) is 1.97. The predicted octanol–water partition coefficient (Wildman–Crippen LogP) is 1.56. The smallest absolute Gasteiger partial charge is 0.129 e. The first kappa shape index (κ1) is 11.6. The average molecular weight is 225 g/mol. The molecule has 1 aliphatic rings. The van der Waals surface area contributed by atoms with Gasteiger partial charge in [0.05, 0.1) is 25.1 Å². The van der Waals surface area contributed by atoms with E-state index in [1.807, 2.05) is 19.2 Å². The second-order valence-corrected chi connectivity index (χ2v) is 4.11. The van der Waals surface area contributed by atoms with Crippen LogP contribution >= 0.6 is 0 Å². The number of furan rings is 1. The SMILES string of the molecule is CNCC1CCC(COCc2ccco2)O1. The van der Waals surface area contributed by atoms with Crippen molar-refractivity contribution in [1.82, 2.24) is 5.32 Å². The van der Waals surface area contributed by atoms with Crippen LogP contribution in [0.2, 0.25) is 0 Å². The van der Waals surface area contributed by atoms with Gasteiger partial charge in [0.2, 0.25) is 0 Å². The van der Waals surface area contributed by atoms with Crippen molar-refractivity contribution in [2.24, 2.45) is 0 Å². The predicted molar refractivity (Wildman–Crippen MR) is 60.2 cm³/mol. The summed E-state index contributed by atoms with van der Waals surface area (Å²) in [5.41, 5.74) is 0. The summed E-state index contributed by atoms with van der Waals surface area (Å²) in [6.45, 7) is 2.11. The number of likely N-dealkylation sites (N-methyl/N-ethyl adjacent to an activating group) is 1. The van der Waals surface area contributed by atoms with Crippen LogP contribution in [0, 0.1) is 0 Å². The van der Waals surface area contributed by atoms with E-state index >= 15 is 0 Å². The molecular formula is C12H19NO3. The average Bonchev–Trinajstić information content (AvgIpc) is 2.90. The molecule has 1 aliphatic heterocycles. The molecule has 1 aromatic heterocycles. The van der Waals surface area contributed by atoms with Gasteiger partial charge >= 0.3 is 0 Å². The third-order valence-corrected chi connectivity index (χ3v) is 2.76. The molecule has 2 atom stereocenters. The van der Waals surface area contributed by atoms with Gasteiger partial charge < -0.3 is 19.2 Å². The van der Waals surface area contributed by atoms with Crippen molar-refractivity contribution >= 4 is 0 Å². The zero-order valence-corrected chi connectivity index (χ0v) is 9.65. The molecule has 1 saturated heterocycles. The van der Waals surface area contributed by atoms with E-state index in [0.717, 1.165) is 25.1 Å². The lowest BCUT2D eigenvalue weighted by Crippen LogP contribution is -2.25. The molecule has 4 nitrogen and oxygen atoms in total. The Morgan fingerprint density at radius 2 is 2.31 bits per heavy atom. The third kappa shape index (κ3) is 3.33. The molecule has 0 saturated carbocycles. The molecule has 1 aromatic rings. The summed E-state index contributed by atoms with van der Waals surface area (Å²) < 4.78 is 16.5. The Morgan fingerprint density at radius 3 is 3.06 bits per heavy atom. The van der Waals surface area contributed by atoms with Gasteiger partial charge in [-0.15, -0.1) is 0 Å². The molecule has 0 radical (unpaired) electrons. The van der Waals surface area contributed by atoms with E-state index in [0.29, 0.717) is 19.3 Å². The van der Waals surface area contributed by atoms with Gasteiger partial charge in [-0.3, -0.25) is 0 Å². The van der Waals surface area contributed by atoms with Gasteiger partial charge in [0.15, 0.2) is 0 Å². The van der Waals surface area contributed by atoms with Gasteiger partial charge in [-0.1, -0.05) is 0 Å². The summed E-state index contributed by atoms with van der Waals surface area (Å²) in [4.78, 5) is 0. The molecule has 90 valence electrons. The van der Waals surface area contributed by atoms with E-state index in [1.54, 1.807) is 6.26 Å². The van der Waals surface area contributed by atoms with Crippen LogP contribution in [-0.2, 0) is 16.1 Å². The molecule has 2 rings (SSSR count). The molecule has 1 fully saturated rings. The number of rotatable bonds is 6. The Hall–Kier alpha value is -0.840. The molecule has 0 spiro atoms. The quantitative estimate of drug-likeness (QED) is 0.798. The summed E-state index contributed by atoms with van der Waals surface area (Å²) >= 11 is 0. The first-order valence-electron chi connectivity index (χ1n) is 5.78. The summed E-state index contributed by atoms with van der Waals surface area (Å²) in [7, 11) is 1.95. The maximum absolute atomic E-state index is 5.80. The van der Waals surface area contributed by atoms with Crippen molar-refractivity contribution in [3.05, 3.63) is 24.2 Å². The van der Waals surface area contributed by atoms with Gasteiger partial charge in [-0.05, 0) is 32.0 Å². The summed E-state index contributed by atoms with van der Waals surface area (Å²) in [5.74, 6) is 0.866. The number of hydrogen-bond acceptors (Lipinski definition) is 4. The molecule has 16 heavy (non-hydrogen) atoms. The summed E-state index contributed by atoms with van der Waals surface area (Å²) in [6.07, 6.45) is 4.46. The van der Waals surface area contributed by atoms with Crippen LogP contribution in [0.1, 0.15) is 18.6 Å². The van der Waals surface area contributed by atoms with E-state index < -0.39 is 0 Å². The number of nitrogens with one attached hydrogen (secondary N) is 1. The highest BCUT2D eigenvalue weighted by Gasteiger charge is 2.24. The van der Waals surface area contributed by atoms with Crippen LogP contribution in [0.15, 0.2) is 22.8 Å². The molecule has 2 unspecified atom stereocenters. The second kappa shape index (κ2) is 6.03. The lowest BCUT2D eigenvalue weighted by molar-refractivity contribution is -0.0216. The highest BCUT2D eigenvalue weighted by molar-refractivity contribution is 4.96. The molecule has 2 heterocycles. The van der Waals surface area contributed by atoms with Crippen LogP contribution in [0.5, 0.6) is 0 Å². The highest BCUT2D eigenvalue weighted by atomic mass is 16.5. The van der Waals surface area contributed by atoms with Crippen LogP contribution in [-0.4, -0.2) is 32.4 Å². The Bertz CT molecular complexity index is 286. The minimum atomic E-state index is 0.244. The van der Waals surface area contributed by atoms with E-state index in [4.69, 9.17) is 13.9 Å². The number of ether oxygens (including phenoxy) is 2. The fourth-order valence-corrected chi connectivity index (χ4v) is 1.97. The molecule has 0 amide bonds. The lowest BCUT2D eigenvalue weighted by Gasteiger charge is -2.13. The van der Waals surface area contributed by atoms with Crippen LogP contribution in [0.3, 0.4) is 0 Å². The molecule has 4 heteroatoms. The maximum Gasteiger partial charge on any atom is 0.129 e. The fraction of sp³-hybridized carbons (Fsp3) is 0.667. The first-order valence-corrected chi connectivity index (χ1v) is 5.78. The van der Waals surface area contributed by atoms with Gasteiger partial charge in [-0.2, -0.15) is 0 Å². The van der Waals surface area contributed by atoms with Gasteiger partial charge in [0, 0.05) is 6.54 Å². The number of hydrogen-bond donors (Lipinski definition) is 1. The Balaban J connectivity index is 1.60. The van der Waals surface area contributed by atoms with E-state index in [-0.39, 0.29) is 6.10 Å². The Morgan fingerprint density at radius 1 is 1.44 bits per heavy atom. The normalized spacial score (nSPS) is 25.1. The monoisotopic (exact) mass is 225 g/mol. The van der Waals surface area contributed by atoms with Crippen LogP contribution in [0.4, 0.5) is 0 Å². The van der Waals surface area contributed by atoms with Crippen molar-refractivity contribution in [2.45, 2.75) is 31.7 Å². The second-order valence-electron chi connectivity index (χ2n) is 4.11. The molecule has 0 aliphatic carbocycles. The summed E-state index contributed by atoms with van der Waals surface area (Å²) in [6, 6.07) is 3.78. The molecule has 0 bridgehead atoms. The zero-order chi connectivity index (χ0) is 11.2. The van der Waals surface area contributed by atoms with Crippen molar-refractivity contribution < 1.29 is 13.9 Å². The maximum atomic E-state index is 5.80. The third-order valence-electron chi connectivity index (χ3n) is 2.76. The zero-order valence-electron chi connectivity index (χ0n) is 9.65. The Kier molecular flexibility index (Phi) is 4.39. The minimum absolute atomic E-state index is 0.244. The van der Waals surface area contributed by atoms with Crippen molar-refractivity contribution in [3.8, 4) is 0 Å². The van der Waals surface area contributed by atoms with Crippen molar-refractivity contribution in [2.75, 3.05) is 20.2 Å². The minimum Gasteiger partial charge on any atom is -0.467 e. The first-order chi connectivity index (χ1) is 7.88. The van der Waals surface area contributed by atoms with Crippen molar-refractivity contribution in [3.63, 3.8) is 0 Å². The topological polar surface area (TPSA) is 43.6 Å².